The molecule has 0 spiro atoms. The summed E-state index contributed by atoms with van der Waals surface area (Å²) >= 11 is 3.41. The summed E-state index contributed by atoms with van der Waals surface area (Å²) in [6.45, 7) is 0.308. The fourth-order valence-electron chi connectivity index (χ4n) is 1.57. The molecular weight excluding hydrogens is 312 g/mol. The highest BCUT2D eigenvalue weighted by molar-refractivity contribution is 9.10. The fourth-order valence-corrected chi connectivity index (χ4v) is 1.97. The van der Waals surface area contributed by atoms with Gasteiger partial charge in [-0.1, -0.05) is 34.1 Å². The summed E-state index contributed by atoms with van der Waals surface area (Å²) in [5.74, 6) is 0.377. The molecule has 0 amide bonds. The lowest BCUT2D eigenvalue weighted by atomic mass is 10.2. The van der Waals surface area contributed by atoms with Crippen LogP contribution >= 0.6 is 15.9 Å². The van der Waals surface area contributed by atoms with Crippen LogP contribution in [0.2, 0.25) is 0 Å². The van der Waals surface area contributed by atoms with E-state index in [2.05, 4.69) is 15.9 Å². The third-order valence-corrected chi connectivity index (χ3v) is 3.25. The number of nitrogens with two attached hydrogens (primary N) is 1. The molecule has 0 fully saturated rings. The SMILES string of the molecule is Nc1cc(OCc2ccccc2Br)cc([N+](=O)[O-])c1. The van der Waals surface area contributed by atoms with Gasteiger partial charge >= 0.3 is 0 Å². The van der Waals surface area contributed by atoms with E-state index in [0.717, 1.165) is 10.0 Å². The number of anilines is 1. The molecule has 2 aromatic carbocycles. The smallest absolute Gasteiger partial charge is 0.275 e. The lowest BCUT2D eigenvalue weighted by Gasteiger charge is -2.08. The van der Waals surface area contributed by atoms with Crippen LogP contribution in [0, 0.1) is 10.1 Å². The first-order chi connectivity index (χ1) is 9.06. The molecule has 19 heavy (non-hydrogen) atoms. The Labute approximate surface area is 118 Å². The second-order valence-corrected chi connectivity index (χ2v) is 4.75. The number of hydrogen-bond acceptors (Lipinski definition) is 4. The molecule has 0 heterocycles. The van der Waals surface area contributed by atoms with Gasteiger partial charge in [0.25, 0.3) is 5.69 Å². The number of nitrogen functional groups attached to an aromatic ring is 1. The first kappa shape index (κ1) is 13.4. The van der Waals surface area contributed by atoms with Crippen molar-refractivity contribution in [2.75, 3.05) is 5.73 Å². The molecule has 0 saturated carbocycles. The van der Waals surface area contributed by atoms with Crippen molar-refractivity contribution in [2.45, 2.75) is 6.61 Å². The van der Waals surface area contributed by atoms with Gasteiger partial charge in [-0.15, -0.1) is 0 Å². The van der Waals surface area contributed by atoms with Crippen molar-refractivity contribution >= 4 is 27.3 Å². The van der Waals surface area contributed by atoms with Crippen molar-refractivity contribution in [3.8, 4) is 5.75 Å². The van der Waals surface area contributed by atoms with E-state index < -0.39 is 4.92 Å². The summed E-state index contributed by atoms with van der Waals surface area (Å²) in [5, 5.41) is 10.7. The van der Waals surface area contributed by atoms with Crippen LogP contribution in [0.4, 0.5) is 11.4 Å². The lowest BCUT2D eigenvalue weighted by Crippen LogP contribution is -1.98. The Morgan fingerprint density at radius 3 is 2.68 bits per heavy atom. The summed E-state index contributed by atoms with van der Waals surface area (Å²) in [6, 6.07) is 11.8. The maximum Gasteiger partial charge on any atom is 0.275 e. The van der Waals surface area contributed by atoms with Crippen molar-refractivity contribution in [3.63, 3.8) is 0 Å². The zero-order valence-electron chi connectivity index (χ0n) is 9.88. The molecule has 2 rings (SSSR count). The van der Waals surface area contributed by atoms with Crippen LogP contribution in [0.25, 0.3) is 0 Å². The second-order valence-electron chi connectivity index (χ2n) is 3.90. The number of hydrogen-bond donors (Lipinski definition) is 1. The van der Waals surface area contributed by atoms with Crippen LogP contribution in [-0.4, -0.2) is 4.92 Å². The van der Waals surface area contributed by atoms with Gasteiger partial charge in [0.05, 0.1) is 11.0 Å². The van der Waals surface area contributed by atoms with Gasteiger partial charge in [0.2, 0.25) is 0 Å². The molecule has 6 heteroatoms. The molecule has 0 unspecified atom stereocenters. The standard InChI is InChI=1S/C13H11BrN2O3/c14-13-4-2-1-3-9(13)8-19-12-6-10(15)5-11(7-12)16(17)18/h1-7H,8,15H2. The van der Waals surface area contributed by atoms with Gasteiger partial charge < -0.3 is 10.5 Å². The monoisotopic (exact) mass is 322 g/mol. The van der Waals surface area contributed by atoms with E-state index in [-0.39, 0.29) is 5.69 Å². The summed E-state index contributed by atoms with van der Waals surface area (Å²) < 4.78 is 6.45. The highest BCUT2D eigenvalue weighted by Crippen LogP contribution is 2.25. The summed E-state index contributed by atoms with van der Waals surface area (Å²) in [4.78, 5) is 10.2. The van der Waals surface area contributed by atoms with E-state index >= 15 is 0 Å². The van der Waals surface area contributed by atoms with Crippen molar-refractivity contribution < 1.29 is 9.66 Å². The highest BCUT2D eigenvalue weighted by Gasteiger charge is 2.09. The Balaban J connectivity index is 2.16. The molecule has 0 aliphatic heterocycles. The Morgan fingerprint density at radius 2 is 2.00 bits per heavy atom. The Kier molecular flexibility index (Phi) is 4.01. The lowest BCUT2D eigenvalue weighted by molar-refractivity contribution is -0.384. The maximum absolute atomic E-state index is 10.7. The van der Waals surface area contributed by atoms with Crippen molar-refractivity contribution in [3.05, 3.63) is 62.6 Å². The molecule has 0 aliphatic rings. The predicted molar refractivity (Wildman–Crippen MR) is 76.0 cm³/mol. The average molecular weight is 323 g/mol. The molecular formula is C13H11BrN2O3. The molecule has 0 radical (unpaired) electrons. The minimum atomic E-state index is -0.498. The van der Waals surface area contributed by atoms with Gasteiger partial charge in [-0.05, 0) is 6.07 Å². The van der Waals surface area contributed by atoms with Crippen LogP contribution in [0.15, 0.2) is 46.9 Å². The Morgan fingerprint density at radius 1 is 1.26 bits per heavy atom. The number of nitro benzene ring substituents is 1. The maximum atomic E-state index is 10.7. The van der Waals surface area contributed by atoms with Gasteiger partial charge in [-0.3, -0.25) is 10.1 Å². The zero-order valence-corrected chi connectivity index (χ0v) is 11.5. The van der Waals surface area contributed by atoms with Crippen molar-refractivity contribution in [1.82, 2.24) is 0 Å². The number of ether oxygens (including phenoxy) is 1. The first-order valence-electron chi connectivity index (χ1n) is 5.47. The number of nitro groups is 1. The quantitative estimate of drug-likeness (QED) is 0.530. The molecule has 0 atom stereocenters. The minimum absolute atomic E-state index is 0.0814. The van der Waals surface area contributed by atoms with Crippen LogP contribution in [-0.2, 0) is 6.61 Å². The summed E-state index contributed by atoms with van der Waals surface area (Å²) in [6.07, 6.45) is 0. The van der Waals surface area contributed by atoms with Gasteiger partial charge in [-0.2, -0.15) is 0 Å². The van der Waals surface area contributed by atoms with Crippen molar-refractivity contribution in [2.24, 2.45) is 0 Å². The Bertz CT molecular complexity index is 617. The van der Waals surface area contributed by atoms with Crippen molar-refractivity contribution in [1.29, 1.82) is 0 Å². The molecule has 2 N–H and O–H groups in total. The van der Waals surface area contributed by atoms with Gasteiger partial charge in [0.15, 0.2) is 0 Å². The van der Waals surface area contributed by atoms with E-state index in [4.69, 9.17) is 10.5 Å². The van der Waals surface area contributed by atoms with Crippen LogP contribution in [0.1, 0.15) is 5.56 Å². The number of nitrogens with zero attached hydrogens (tertiary/aromatic N) is 1. The zero-order chi connectivity index (χ0) is 13.8. The number of non-ortho nitro benzene ring substituents is 1. The average Bonchev–Trinajstić information content (AvgIpc) is 2.37. The summed E-state index contributed by atoms with van der Waals surface area (Å²) in [5.41, 5.74) is 6.77. The number of rotatable bonds is 4. The Hall–Kier alpha value is -2.08. The van der Waals surface area contributed by atoms with Crippen LogP contribution in [0.3, 0.4) is 0 Å². The van der Waals surface area contributed by atoms with Crippen LogP contribution in [0.5, 0.6) is 5.75 Å². The van der Waals surface area contributed by atoms with Gasteiger partial charge in [-0.25, -0.2) is 0 Å². The van der Waals surface area contributed by atoms with E-state index in [1.54, 1.807) is 6.07 Å². The highest BCUT2D eigenvalue weighted by atomic mass is 79.9. The van der Waals surface area contributed by atoms with Gasteiger partial charge in [0.1, 0.15) is 12.4 Å². The predicted octanol–water partition coefficient (Wildman–Crippen LogP) is 3.52. The molecule has 0 aromatic heterocycles. The number of benzene rings is 2. The number of halogens is 1. The second kappa shape index (κ2) is 5.71. The van der Waals surface area contributed by atoms with E-state index in [1.807, 2.05) is 24.3 Å². The molecule has 5 nitrogen and oxygen atoms in total. The topological polar surface area (TPSA) is 78.4 Å². The molecule has 0 aliphatic carbocycles. The first-order valence-corrected chi connectivity index (χ1v) is 6.27. The largest absolute Gasteiger partial charge is 0.489 e. The molecule has 0 saturated heterocycles. The third kappa shape index (κ3) is 3.45. The molecule has 0 bridgehead atoms. The van der Waals surface area contributed by atoms with E-state index in [1.165, 1.54) is 12.1 Å². The molecule has 98 valence electrons. The van der Waals surface area contributed by atoms with Gasteiger partial charge in [0, 0.05) is 27.9 Å². The van der Waals surface area contributed by atoms with Crippen LogP contribution < -0.4 is 10.5 Å². The molecule has 2 aromatic rings. The van der Waals surface area contributed by atoms with E-state index in [9.17, 15) is 10.1 Å². The fraction of sp³-hybridized carbons (Fsp3) is 0.0769. The third-order valence-electron chi connectivity index (χ3n) is 2.48. The normalized spacial score (nSPS) is 10.2. The van der Waals surface area contributed by atoms with E-state index in [0.29, 0.717) is 18.0 Å². The summed E-state index contributed by atoms with van der Waals surface area (Å²) in [7, 11) is 0. The minimum Gasteiger partial charge on any atom is -0.489 e.